The van der Waals surface area contributed by atoms with Crippen molar-refractivity contribution in [2.24, 2.45) is 0 Å². The summed E-state index contributed by atoms with van der Waals surface area (Å²) in [7, 11) is 2.21. The zero-order valence-corrected chi connectivity index (χ0v) is 13.9. The molecule has 3 heteroatoms. The van der Waals surface area contributed by atoms with E-state index >= 15 is 0 Å². The van der Waals surface area contributed by atoms with Crippen LogP contribution in [0.5, 0.6) is 0 Å². The lowest BCUT2D eigenvalue weighted by atomic mass is 9.90. The number of halogens is 1. The van der Waals surface area contributed by atoms with Crippen LogP contribution in [0, 0.1) is 0 Å². The summed E-state index contributed by atoms with van der Waals surface area (Å²) in [5.74, 6) is 0.620. The zero-order valence-electron chi connectivity index (χ0n) is 12.3. The van der Waals surface area contributed by atoms with E-state index in [-0.39, 0.29) is 0 Å². The molecule has 0 spiro atoms. The van der Waals surface area contributed by atoms with Gasteiger partial charge in [0, 0.05) is 35.7 Å². The van der Waals surface area contributed by atoms with Crippen molar-refractivity contribution in [3.63, 3.8) is 0 Å². The standard InChI is InChI=1S/C18H21BrN2/c1-21(13-15-6-2-4-8-17(15)19)12-14-10-11-20-18-9-5-3-7-16(14)18/h2-9,14,20H,10-13H2,1H3. The average Bonchev–Trinajstić information content (AvgIpc) is 2.50. The molecule has 2 nitrogen and oxygen atoms in total. The van der Waals surface area contributed by atoms with Gasteiger partial charge in [-0.15, -0.1) is 0 Å². The highest BCUT2D eigenvalue weighted by molar-refractivity contribution is 9.10. The summed E-state index contributed by atoms with van der Waals surface area (Å²) in [4.78, 5) is 2.42. The molecule has 1 heterocycles. The highest BCUT2D eigenvalue weighted by Gasteiger charge is 2.20. The molecule has 2 aromatic carbocycles. The number of hydrogen-bond donors (Lipinski definition) is 1. The fourth-order valence-corrected chi connectivity index (χ4v) is 3.51. The lowest BCUT2D eigenvalue weighted by molar-refractivity contribution is 0.297. The normalized spacial score (nSPS) is 17.4. The molecule has 1 unspecified atom stereocenters. The third-order valence-electron chi connectivity index (χ3n) is 4.14. The van der Waals surface area contributed by atoms with Crippen molar-refractivity contribution in [1.29, 1.82) is 0 Å². The molecule has 1 N–H and O–H groups in total. The van der Waals surface area contributed by atoms with E-state index in [2.05, 4.69) is 81.7 Å². The average molecular weight is 345 g/mol. The first-order chi connectivity index (χ1) is 10.2. The number of likely N-dealkylation sites (N-methyl/N-ethyl adjacent to an activating group) is 1. The maximum absolute atomic E-state index is 3.64. The van der Waals surface area contributed by atoms with Crippen molar-refractivity contribution in [2.75, 3.05) is 25.5 Å². The summed E-state index contributed by atoms with van der Waals surface area (Å²) in [6.07, 6.45) is 1.21. The van der Waals surface area contributed by atoms with E-state index in [0.717, 1.165) is 19.6 Å². The fourth-order valence-electron chi connectivity index (χ4n) is 3.10. The van der Waals surface area contributed by atoms with E-state index in [9.17, 15) is 0 Å². The van der Waals surface area contributed by atoms with Gasteiger partial charge in [-0.25, -0.2) is 0 Å². The molecule has 0 saturated carbocycles. The molecule has 0 aliphatic carbocycles. The number of anilines is 1. The highest BCUT2D eigenvalue weighted by Crippen LogP contribution is 2.32. The SMILES string of the molecule is CN(Cc1ccccc1Br)CC1CCNc2ccccc21. The van der Waals surface area contributed by atoms with Crippen molar-refractivity contribution in [3.05, 3.63) is 64.1 Å². The smallest absolute Gasteiger partial charge is 0.0376 e. The molecule has 21 heavy (non-hydrogen) atoms. The topological polar surface area (TPSA) is 15.3 Å². The van der Waals surface area contributed by atoms with Crippen LogP contribution in [0.1, 0.15) is 23.5 Å². The molecule has 3 rings (SSSR count). The Morgan fingerprint density at radius 2 is 1.90 bits per heavy atom. The zero-order chi connectivity index (χ0) is 14.7. The fraction of sp³-hybridized carbons (Fsp3) is 0.333. The van der Waals surface area contributed by atoms with Gasteiger partial charge in [0.05, 0.1) is 0 Å². The molecule has 1 aliphatic rings. The van der Waals surface area contributed by atoms with Gasteiger partial charge in [0.1, 0.15) is 0 Å². The van der Waals surface area contributed by atoms with Gasteiger partial charge in [-0.1, -0.05) is 52.3 Å². The number of para-hydroxylation sites is 1. The Labute approximate surface area is 135 Å². The third-order valence-corrected chi connectivity index (χ3v) is 4.91. The van der Waals surface area contributed by atoms with Gasteiger partial charge in [-0.05, 0) is 36.7 Å². The molecule has 0 aromatic heterocycles. The van der Waals surface area contributed by atoms with Crippen LogP contribution in [-0.2, 0) is 6.54 Å². The van der Waals surface area contributed by atoms with Gasteiger partial charge < -0.3 is 10.2 Å². The van der Waals surface area contributed by atoms with Crippen molar-refractivity contribution >= 4 is 21.6 Å². The van der Waals surface area contributed by atoms with Crippen LogP contribution in [0.3, 0.4) is 0 Å². The summed E-state index contributed by atoms with van der Waals surface area (Å²) < 4.78 is 1.20. The molecule has 0 saturated heterocycles. The summed E-state index contributed by atoms with van der Waals surface area (Å²) >= 11 is 3.64. The summed E-state index contributed by atoms with van der Waals surface area (Å²) in [5, 5.41) is 3.50. The van der Waals surface area contributed by atoms with Crippen molar-refractivity contribution in [1.82, 2.24) is 4.90 Å². The van der Waals surface area contributed by atoms with Gasteiger partial charge in [-0.2, -0.15) is 0 Å². The Balaban J connectivity index is 1.69. The van der Waals surface area contributed by atoms with Crippen LogP contribution in [0.25, 0.3) is 0 Å². The second-order valence-electron chi connectivity index (χ2n) is 5.79. The number of hydrogen-bond acceptors (Lipinski definition) is 2. The number of fused-ring (bicyclic) bond motifs is 1. The maximum atomic E-state index is 3.64. The van der Waals surface area contributed by atoms with Gasteiger partial charge in [0.15, 0.2) is 0 Å². The molecular formula is C18H21BrN2. The Bertz CT molecular complexity index is 612. The van der Waals surface area contributed by atoms with Crippen LogP contribution < -0.4 is 5.32 Å². The summed E-state index contributed by atoms with van der Waals surface area (Å²) in [6.45, 7) is 3.15. The molecule has 0 radical (unpaired) electrons. The van der Waals surface area contributed by atoms with E-state index in [4.69, 9.17) is 0 Å². The Morgan fingerprint density at radius 1 is 1.14 bits per heavy atom. The first-order valence-corrected chi connectivity index (χ1v) is 8.28. The predicted octanol–water partition coefficient (Wildman–Crippen LogP) is 4.48. The lowest BCUT2D eigenvalue weighted by Crippen LogP contribution is -2.28. The first kappa shape index (κ1) is 14.6. The van der Waals surface area contributed by atoms with Gasteiger partial charge >= 0.3 is 0 Å². The minimum atomic E-state index is 0.620. The molecule has 0 amide bonds. The largest absolute Gasteiger partial charge is 0.385 e. The van der Waals surface area contributed by atoms with Crippen LogP contribution >= 0.6 is 15.9 Å². The highest BCUT2D eigenvalue weighted by atomic mass is 79.9. The van der Waals surface area contributed by atoms with Crippen LogP contribution in [-0.4, -0.2) is 25.0 Å². The van der Waals surface area contributed by atoms with E-state index < -0.39 is 0 Å². The van der Waals surface area contributed by atoms with Crippen LogP contribution in [0.2, 0.25) is 0 Å². The van der Waals surface area contributed by atoms with E-state index in [0.29, 0.717) is 5.92 Å². The first-order valence-electron chi connectivity index (χ1n) is 7.49. The molecular weight excluding hydrogens is 324 g/mol. The molecule has 0 fully saturated rings. The van der Waals surface area contributed by atoms with Gasteiger partial charge in [0.25, 0.3) is 0 Å². The Morgan fingerprint density at radius 3 is 2.76 bits per heavy atom. The van der Waals surface area contributed by atoms with Crippen LogP contribution in [0.15, 0.2) is 53.0 Å². The van der Waals surface area contributed by atoms with Gasteiger partial charge in [-0.3, -0.25) is 0 Å². The molecule has 110 valence electrons. The Hall–Kier alpha value is -1.32. The minimum absolute atomic E-state index is 0.620. The third kappa shape index (κ3) is 3.47. The summed E-state index contributed by atoms with van der Waals surface area (Å²) in [5.41, 5.74) is 4.12. The Kier molecular flexibility index (Phi) is 4.61. The maximum Gasteiger partial charge on any atom is 0.0376 e. The molecule has 1 aliphatic heterocycles. The molecule has 1 atom stereocenters. The number of rotatable bonds is 4. The van der Waals surface area contributed by atoms with Crippen molar-refractivity contribution in [3.8, 4) is 0 Å². The van der Waals surface area contributed by atoms with Crippen molar-refractivity contribution < 1.29 is 0 Å². The molecule has 0 bridgehead atoms. The van der Waals surface area contributed by atoms with Crippen LogP contribution in [0.4, 0.5) is 5.69 Å². The van der Waals surface area contributed by atoms with E-state index in [1.54, 1.807) is 0 Å². The predicted molar refractivity (Wildman–Crippen MR) is 92.8 cm³/mol. The lowest BCUT2D eigenvalue weighted by Gasteiger charge is -2.30. The van der Waals surface area contributed by atoms with Crippen molar-refractivity contribution in [2.45, 2.75) is 18.9 Å². The quantitative estimate of drug-likeness (QED) is 0.879. The van der Waals surface area contributed by atoms with E-state index in [1.807, 2.05) is 0 Å². The second-order valence-corrected chi connectivity index (χ2v) is 6.64. The minimum Gasteiger partial charge on any atom is -0.385 e. The van der Waals surface area contributed by atoms with E-state index in [1.165, 1.54) is 27.7 Å². The molecule has 2 aromatic rings. The van der Waals surface area contributed by atoms with Gasteiger partial charge in [0.2, 0.25) is 0 Å². The summed E-state index contributed by atoms with van der Waals surface area (Å²) in [6, 6.07) is 17.2. The monoisotopic (exact) mass is 344 g/mol. The number of nitrogens with zero attached hydrogens (tertiary/aromatic N) is 1. The number of nitrogens with one attached hydrogen (secondary N) is 1. The second kappa shape index (κ2) is 6.63. The number of benzene rings is 2.